The third-order valence-electron chi connectivity index (χ3n) is 5.06. The van der Waals surface area contributed by atoms with Crippen LogP contribution in [0.2, 0.25) is 10.2 Å². The quantitative estimate of drug-likeness (QED) is 0.540. The van der Waals surface area contributed by atoms with Crippen LogP contribution in [0.3, 0.4) is 0 Å². The molecule has 0 spiro atoms. The van der Waals surface area contributed by atoms with Gasteiger partial charge in [-0.25, -0.2) is 19.0 Å². The molecule has 0 radical (unpaired) electrons. The van der Waals surface area contributed by atoms with Gasteiger partial charge in [-0.1, -0.05) is 23.2 Å². The summed E-state index contributed by atoms with van der Waals surface area (Å²) >= 11 is 12.8. The van der Waals surface area contributed by atoms with Crippen molar-refractivity contribution < 1.29 is 9.50 Å². The fourth-order valence-corrected chi connectivity index (χ4v) is 4.15. The van der Waals surface area contributed by atoms with Crippen LogP contribution in [-0.2, 0) is 6.54 Å². The van der Waals surface area contributed by atoms with E-state index in [0.717, 1.165) is 17.5 Å². The van der Waals surface area contributed by atoms with E-state index in [1.165, 1.54) is 4.68 Å². The highest BCUT2D eigenvalue weighted by Crippen LogP contribution is 2.35. The minimum Gasteiger partial charge on any atom is -0.389 e. The van der Waals surface area contributed by atoms with Crippen molar-refractivity contribution in [3.8, 4) is 0 Å². The summed E-state index contributed by atoms with van der Waals surface area (Å²) in [5.41, 5.74) is 0.999. The minimum atomic E-state index is -0.992. The van der Waals surface area contributed by atoms with E-state index in [4.69, 9.17) is 23.2 Å². The molecule has 2 aromatic heterocycles. The van der Waals surface area contributed by atoms with Crippen LogP contribution < -0.4 is 10.6 Å². The number of fused-ring (bicyclic) bond motifs is 1. The molecule has 0 saturated carbocycles. The Bertz CT molecular complexity index is 1070. The number of rotatable bonds is 5. The van der Waals surface area contributed by atoms with Crippen molar-refractivity contribution >= 4 is 45.7 Å². The van der Waals surface area contributed by atoms with Gasteiger partial charge in [-0.2, -0.15) is 5.10 Å². The number of hydrogen-bond donors (Lipinski definition) is 3. The van der Waals surface area contributed by atoms with E-state index in [1.54, 1.807) is 32.3 Å². The lowest BCUT2D eigenvalue weighted by Gasteiger charge is -2.27. The summed E-state index contributed by atoms with van der Waals surface area (Å²) in [5.74, 6) is 0.0756. The first-order chi connectivity index (χ1) is 14.2. The number of anilines is 2. The zero-order valence-electron chi connectivity index (χ0n) is 16.7. The lowest BCUT2D eigenvalue weighted by molar-refractivity contribution is 0.0578. The summed E-state index contributed by atoms with van der Waals surface area (Å²) in [4.78, 5) is 8.87. The number of nitrogens with zero attached hydrogens (tertiary/aromatic N) is 4. The molecule has 1 fully saturated rings. The van der Waals surface area contributed by atoms with Gasteiger partial charge < -0.3 is 15.7 Å². The average Bonchev–Trinajstić information content (AvgIpc) is 3.00. The number of alkyl halides is 1. The number of halogens is 3. The van der Waals surface area contributed by atoms with Crippen LogP contribution in [-0.4, -0.2) is 49.7 Å². The van der Waals surface area contributed by atoms with Gasteiger partial charge in [0.05, 0.1) is 29.5 Å². The van der Waals surface area contributed by atoms with Gasteiger partial charge in [0, 0.05) is 29.1 Å². The van der Waals surface area contributed by atoms with Crippen LogP contribution in [0.5, 0.6) is 0 Å². The van der Waals surface area contributed by atoms with Gasteiger partial charge in [-0.3, -0.25) is 0 Å². The summed E-state index contributed by atoms with van der Waals surface area (Å²) in [7, 11) is 0. The molecule has 1 aliphatic rings. The van der Waals surface area contributed by atoms with Crippen molar-refractivity contribution in [2.75, 3.05) is 18.4 Å². The first-order valence-electron chi connectivity index (χ1n) is 9.73. The average molecular weight is 453 g/mol. The summed E-state index contributed by atoms with van der Waals surface area (Å²) in [5, 5.41) is 21.9. The van der Waals surface area contributed by atoms with Gasteiger partial charge in [0.2, 0.25) is 5.95 Å². The topological polar surface area (TPSA) is 87.9 Å². The Morgan fingerprint density at radius 1 is 1.33 bits per heavy atom. The zero-order chi connectivity index (χ0) is 21.5. The van der Waals surface area contributed by atoms with E-state index in [1.807, 2.05) is 6.07 Å². The molecule has 3 heterocycles. The predicted molar refractivity (Wildman–Crippen MR) is 116 cm³/mol. The molecule has 1 aliphatic heterocycles. The third kappa shape index (κ3) is 4.51. The second-order valence-corrected chi connectivity index (χ2v) is 8.95. The van der Waals surface area contributed by atoms with E-state index >= 15 is 0 Å². The van der Waals surface area contributed by atoms with Crippen LogP contribution in [0.1, 0.15) is 31.7 Å². The number of aromatic nitrogens is 4. The van der Waals surface area contributed by atoms with Gasteiger partial charge in [0.1, 0.15) is 6.17 Å². The highest BCUT2D eigenvalue weighted by atomic mass is 35.5. The molecule has 0 aliphatic carbocycles. The molecule has 0 amide bonds. The standard InChI is InChI=1S/C20H23Cl2FN6O/c1-20(2,30)10-29-18(22)17(9-26-29)28-19-25-7-11-5-14(21)13(6-16(11)27-19)12-3-4-24-8-15(12)23/h5-7,9,12,15,24,30H,3-4,8,10H2,1-2H3,(H,25,27,28)/t12-,15+/m1/s1. The second-order valence-electron chi connectivity index (χ2n) is 8.19. The zero-order valence-corrected chi connectivity index (χ0v) is 18.2. The Kier molecular flexibility index (Phi) is 5.85. The molecular formula is C20H23Cl2FN6O. The molecule has 2 atom stereocenters. The van der Waals surface area contributed by atoms with Crippen LogP contribution in [0.4, 0.5) is 16.0 Å². The number of piperidine rings is 1. The van der Waals surface area contributed by atoms with E-state index in [2.05, 4.69) is 25.7 Å². The number of nitrogens with one attached hydrogen (secondary N) is 2. The minimum absolute atomic E-state index is 0.245. The molecule has 3 N–H and O–H groups in total. The Morgan fingerprint density at radius 2 is 2.13 bits per heavy atom. The molecule has 7 nitrogen and oxygen atoms in total. The largest absolute Gasteiger partial charge is 0.389 e. The van der Waals surface area contributed by atoms with Crippen molar-refractivity contribution in [3.05, 3.63) is 40.3 Å². The maximum Gasteiger partial charge on any atom is 0.227 e. The van der Waals surface area contributed by atoms with E-state index in [0.29, 0.717) is 40.3 Å². The Labute approximate surface area is 183 Å². The Balaban J connectivity index is 1.62. The molecule has 0 bridgehead atoms. The molecule has 1 saturated heterocycles. The number of hydrogen-bond acceptors (Lipinski definition) is 6. The highest BCUT2D eigenvalue weighted by Gasteiger charge is 2.28. The second kappa shape index (κ2) is 8.26. The smallest absolute Gasteiger partial charge is 0.227 e. The van der Waals surface area contributed by atoms with Crippen LogP contribution >= 0.6 is 23.2 Å². The Morgan fingerprint density at radius 3 is 2.87 bits per heavy atom. The fraction of sp³-hybridized carbons (Fsp3) is 0.450. The fourth-order valence-electron chi connectivity index (χ4n) is 3.63. The summed E-state index contributed by atoms with van der Waals surface area (Å²) in [6, 6.07) is 3.62. The lowest BCUT2D eigenvalue weighted by Crippen LogP contribution is -2.36. The van der Waals surface area contributed by atoms with Crippen LogP contribution in [0.15, 0.2) is 24.5 Å². The van der Waals surface area contributed by atoms with E-state index in [-0.39, 0.29) is 12.5 Å². The molecule has 4 rings (SSSR count). The first kappa shape index (κ1) is 21.2. The molecule has 30 heavy (non-hydrogen) atoms. The lowest BCUT2D eigenvalue weighted by atomic mass is 9.88. The molecule has 3 aromatic rings. The molecule has 0 unspecified atom stereocenters. The molecule has 10 heteroatoms. The summed E-state index contributed by atoms with van der Waals surface area (Å²) in [6.45, 7) is 4.68. The first-order valence-corrected chi connectivity index (χ1v) is 10.5. The van der Waals surface area contributed by atoms with Gasteiger partial charge >= 0.3 is 0 Å². The van der Waals surface area contributed by atoms with Crippen molar-refractivity contribution in [1.29, 1.82) is 0 Å². The molecule has 160 valence electrons. The Hall–Kier alpha value is -2.00. The number of aliphatic hydroxyl groups is 1. The van der Waals surface area contributed by atoms with E-state index in [9.17, 15) is 9.50 Å². The highest BCUT2D eigenvalue weighted by molar-refractivity contribution is 6.32. The third-order valence-corrected chi connectivity index (χ3v) is 5.79. The summed E-state index contributed by atoms with van der Waals surface area (Å²) in [6.07, 6.45) is 2.90. The normalized spacial score (nSPS) is 19.9. The number of benzene rings is 1. The van der Waals surface area contributed by atoms with Crippen LogP contribution in [0.25, 0.3) is 10.9 Å². The van der Waals surface area contributed by atoms with Crippen molar-refractivity contribution in [1.82, 2.24) is 25.1 Å². The predicted octanol–water partition coefficient (Wildman–Crippen LogP) is 4.06. The van der Waals surface area contributed by atoms with Gasteiger partial charge in [-0.15, -0.1) is 0 Å². The van der Waals surface area contributed by atoms with E-state index < -0.39 is 11.8 Å². The van der Waals surface area contributed by atoms with Gasteiger partial charge in [-0.05, 0) is 44.5 Å². The monoisotopic (exact) mass is 452 g/mol. The summed E-state index contributed by atoms with van der Waals surface area (Å²) < 4.78 is 15.9. The van der Waals surface area contributed by atoms with Crippen LogP contribution in [0, 0.1) is 0 Å². The molecule has 1 aromatic carbocycles. The van der Waals surface area contributed by atoms with Crippen molar-refractivity contribution in [2.24, 2.45) is 0 Å². The van der Waals surface area contributed by atoms with Crippen molar-refractivity contribution in [3.63, 3.8) is 0 Å². The molecular weight excluding hydrogens is 430 g/mol. The van der Waals surface area contributed by atoms with Gasteiger partial charge in [0.15, 0.2) is 5.15 Å². The maximum atomic E-state index is 14.4. The van der Waals surface area contributed by atoms with Gasteiger partial charge in [0.25, 0.3) is 0 Å². The SMILES string of the molecule is CC(C)(O)Cn1ncc(Nc2ncc3cc(Cl)c([C@H]4CCNC[C@@H]4F)cc3n2)c1Cl. The maximum absolute atomic E-state index is 14.4. The van der Waals surface area contributed by atoms with Crippen molar-refractivity contribution in [2.45, 2.75) is 44.5 Å².